The first-order chi connectivity index (χ1) is 14.0. The van der Waals surface area contributed by atoms with Gasteiger partial charge in [-0.25, -0.2) is 20.4 Å². The Bertz CT molecular complexity index is 743. The summed E-state index contributed by atoms with van der Waals surface area (Å²) < 4.78 is 0. The van der Waals surface area contributed by atoms with E-state index in [1.165, 1.54) is 33.4 Å². The molecule has 0 unspecified atom stereocenters. The molecule has 0 spiro atoms. The number of hydrogen-bond donors (Lipinski definition) is 2. The van der Waals surface area contributed by atoms with Gasteiger partial charge in [0.05, 0.1) is 0 Å². The van der Waals surface area contributed by atoms with E-state index in [2.05, 4.69) is 91.8 Å². The van der Waals surface area contributed by atoms with Crippen molar-refractivity contribution in [2.75, 3.05) is 0 Å². The number of rotatable bonds is 5. The topological polar surface area (TPSA) is 81.8 Å². The van der Waals surface area contributed by atoms with Gasteiger partial charge in [-0.15, -0.1) is 0 Å². The van der Waals surface area contributed by atoms with E-state index in [9.17, 15) is 0 Å². The summed E-state index contributed by atoms with van der Waals surface area (Å²) in [7, 11) is 0. The molecular formula is C26H36N2O2. The van der Waals surface area contributed by atoms with Crippen LogP contribution in [0.15, 0.2) is 36.4 Å². The minimum Gasteiger partial charge on any atom is -0.222 e. The largest absolute Gasteiger partial charge is 0.231 e. The Kier molecular flexibility index (Phi) is 12.2. The smallest absolute Gasteiger partial charge is 0.222 e. The van der Waals surface area contributed by atoms with Crippen molar-refractivity contribution in [1.82, 2.24) is 0 Å². The molecule has 0 amide bonds. The first-order valence-corrected chi connectivity index (χ1v) is 10.4. The van der Waals surface area contributed by atoms with Gasteiger partial charge in [0.1, 0.15) is 0 Å². The zero-order chi connectivity index (χ0) is 23.4. The van der Waals surface area contributed by atoms with E-state index >= 15 is 0 Å². The van der Waals surface area contributed by atoms with Crippen LogP contribution in [0.2, 0.25) is 0 Å². The van der Waals surface area contributed by atoms with Crippen LogP contribution in [-0.4, -0.2) is 12.2 Å². The summed E-state index contributed by atoms with van der Waals surface area (Å²) in [6.07, 6.45) is 1.50. The predicted molar refractivity (Wildman–Crippen MR) is 125 cm³/mol. The van der Waals surface area contributed by atoms with Gasteiger partial charge in [0.2, 0.25) is 12.2 Å². The molecular weight excluding hydrogens is 372 g/mol. The SMILES string of the molecule is CC(C)c1cc(-c2cc(C(C)C)cc(C(C)C)c2)cc(C(C)C)c1.N=C=O.N=C=O. The Morgan fingerprint density at radius 3 is 0.800 bits per heavy atom. The average molecular weight is 409 g/mol. The second kappa shape index (κ2) is 13.4. The summed E-state index contributed by atoms with van der Waals surface area (Å²) in [6, 6.07) is 14.3. The molecule has 0 saturated heterocycles. The highest BCUT2D eigenvalue weighted by Gasteiger charge is 2.12. The Morgan fingerprint density at radius 2 is 0.667 bits per heavy atom. The lowest BCUT2D eigenvalue weighted by atomic mass is 9.87. The average Bonchev–Trinajstić information content (AvgIpc) is 2.68. The molecule has 0 aliphatic carbocycles. The summed E-state index contributed by atoms with van der Waals surface area (Å²) in [5.41, 5.74) is 8.51. The predicted octanol–water partition coefficient (Wildman–Crippen LogP) is 7.65. The maximum absolute atomic E-state index is 8.35. The van der Waals surface area contributed by atoms with Crippen LogP contribution in [0, 0.1) is 10.8 Å². The van der Waals surface area contributed by atoms with E-state index in [1.807, 2.05) is 0 Å². The number of nitrogens with one attached hydrogen (secondary N) is 2. The first-order valence-electron chi connectivity index (χ1n) is 10.4. The quantitative estimate of drug-likeness (QED) is 0.393. The molecule has 0 atom stereocenters. The molecule has 0 heterocycles. The lowest BCUT2D eigenvalue weighted by Gasteiger charge is -2.18. The highest BCUT2D eigenvalue weighted by atomic mass is 16.1. The second-order valence-electron chi connectivity index (χ2n) is 8.60. The minimum absolute atomic E-state index is 0.556. The highest BCUT2D eigenvalue weighted by molar-refractivity contribution is 5.68. The summed E-state index contributed by atoms with van der Waals surface area (Å²) in [5.74, 6) is 2.22. The maximum atomic E-state index is 8.35. The fourth-order valence-electron chi connectivity index (χ4n) is 3.02. The van der Waals surface area contributed by atoms with Gasteiger partial charge >= 0.3 is 0 Å². The summed E-state index contributed by atoms with van der Waals surface area (Å²) in [5, 5.41) is 10.8. The fraction of sp³-hybridized carbons (Fsp3) is 0.462. The van der Waals surface area contributed by atoms with Crippen LogP contribution in [0.25, 0.3) is 11.1 Å². The number of hydrogen-bond acceptors (Lipinski definition) is 4. The van der Waals surface area contributed by atoms with Gasteiger partial charge in [0.25, 0.3) is 0 Å². The molecule has 2 aromatic carbocycles. The van der Waals surface area contributed by atoms with Crippen LogP contribution in [0.5, 0.6) is 0 Å². The molecule has 30 heavy (non-hydrogen) atoms. The third kappa shape index (κ3) is 8.69. The van der Waals surface area contributed by atoms with Crippen molar-refractivity contribution in [1.29, 1.82) is 10.8 Å². The van der Waals surface area contributed by atoms with Gasteiger partial charge in [0.15, 0.2) is 0 Å². The van der Waals surface area contributed by atoms with Gasteiger partial charge in [-0.2, -0.15) is 0 Å². The van der Waals surface area contributed by atoms with Gasteiger partial charge in [-0.05, 0) is 57.1 Å². The van der Waals surface area contributed by atoms with Crippen molar-refractivity contribution in [3.63, 3.8) is 0 Å². The molecule has 2 N–H and O–H groups in total. The van der Waals surface area contributed by atoms with Crippen LogP contribution in [0.4, 0.5) is 0 Å². The van der Waals surface area contributed by atoms with Crippen LogP contribution < -0.4 is 0 Å². The monoisotopic (exact) mass is 408 g/mol. The van der Waals surface area contributed by atoms with Crippen molar-refractivity contribution in [2.24, 2.45) is 0 Å². The molecule has 0 bridgehead atoms. The minimum atomic E-state index is 0.556. The van der Waals surface area contributed by atoms with Crippen LogP contribution >= 0.6 is 0 Å². The summed E-state index contributed by atoms with van der Waals surface area (Å²) >= 11 is 0. The summed E-state index contributed by atoms with van der Waals surface area (Å²) in [6.45, 7) is 18.3. The van der Waals surface area contributed by atoms with Crippen molar-refractivity contribution >= 4 is 12.2 Å². The van der Waals surface area contributed by atoms with Crippen LogP contribution in [0.1, 0.15) is 101 Å². The van der Waals surface area contributed by atoms with E-state index in [0.29, 0.717) is 23.7 Å². The molecule has 2 rings (SSSR count). The Morgan fingerprint density at radius 1 is 0.500 bits per heavy atom. The summed E-state index contributed by atoms with van der Waals surface area (Å²) in [4.78, 5) is 16.7. The van der Waals surface area contributed by atoms with Crippen LogP contribution in [-0.2, 0) is 9.59 Å². The Balaban J connectivity index is 0.00000125. The molecule has 4 nitrogen and oxygen atoms in total. The normalized spacial score (nSPS) is 10.1. The molecule has 0 aliphatic heterocycles. The fourth-order valence-corrected chi connectivity index (χ4v) is 3.02. The molecule has 0 aliphatic rings. The number of isocyanates is 2. The van der Waals surface area contributed by atoms with Crippen molar-refractivity contribution < 1.29 is 9.59 Å². The van der Waals surface area contributed by atoms with E-state index in [-0.39, 0.29) is 0 Å². The zero-order valence-electron chi connectivity index (χ0n) is 19.6. The van der Waals surface area contributed by atoms with Gasteiger partial charge < -0.3 is 0 Å². The zero-order valence-corrected chi connectivity index (χ0v) is 19.6. The molecule has 4 heteroatoms. The van der Waals surface area contributed by atoms with Crippen LogP contribution in [0.3, 0.4) is 0 Å². The third-order valence-corrected chi connectivity index (χ3v) is 4.96. The Hall–Kier alpha value is -2.80. The maximum Gasteiger partial charge on any atom is 0.231 e. The second-order valence-corrected chi connectivity index (χ2v) is 8.60. The molecule has 0 aromatic heterocycles. The first kappa shape index (κ1) is 27.2. The van der Waals surface area contributed by atoms with Gasteiger partial charge in [-0.3, -0.25) is 0 Å². The highest BCUT2D eigenvalue weighted by Crippen LogP contribution is 2.33. The van der Waals surface area contributed by atoms with Gasteiger partial charge in [-0.1, -0.05) is 91.8 Å². The van der Waals surface area contributed by atoms with Gasteiger partial charge in [0, 0.05) is 0 Å². The van der Waals surface area contributed by atoms with E-state index in [1.54, 1.807) is 0 Å². The van der Waals surface area contributed by atoms with E-state index < -0.39 is 0 Å². The Labute approximate surface area is 181 Å². The van der Waals surface area contributed by atoms with Crippen molar-refractivity contribution in [3.8, 4) is 11.1 Å². The number of carbonyl (C=O) groups excluding carboxylic acids is 2. The third-order valence-electron chi connectivity index (χ3n) is 4.96. The molecule has 0 radical (unpaired) electrons. The van der Waals surface area contributed by atoms with Crippen molar-refractivity contribution in [3.05, 3.63) is 58.7 Å². The standard InChI is InChI=1S/C24H34.2CHNO/c1-15(2)19-9-20(16(3)4)12-23(11-19)24-13-21(17(5)6)10-22(14-24)18(7)8;2*2-1-3/h9-18H,1-8H3;2*2H. The van der Waals surface area contributed by atoms with Crippen molar-refractivity contribution in [2.45, 2.75) is 79.1 Å². The molecule has 162 valence electrons. The molecule has 0 saturated carbocycles. The van der Waals surface area contributed by atoms with E-state index in [4.69, 9.17) is 20.4 Å². The number of benzene rings is 2. The molecule has 2 aromatic rings. The van der Waals surface area contributed by atoms with E-state index in [0.717, 1.165) is 12.2 Å². The lowest BCUT2D eigenvalue weighted by Crippen LogP contribution is -1.98. The molecule has 0 fully saturated rings. The lowest BCUT2D eigenvalue weighted by molar-refractivity contribution is 0.562.